The minimum atomic E-state index is -0.309. The molecule has 0 atom stereocenters. The van der Waals surface area contributed by atoms with Crippen LogP contribution in [0.1, 0.15) is 25.1 Å². The molecule has 0 spiro atoms. The summed E-state index contributed by atoms with van der Waals surface area (Å²) >= 11 is 0. The first-order valence-electron chi connectivity index (χ1n) is 7.53. The highest BCUT2D eigenvalue weighted by Crippen LogP contribution is 2.27. The van der Waals surface area contributed by atoms with Crippen molar-refractivity contribution in [1.29, 1.82) is 0 Å². The van der Waals surface area contributed by atoms with Crippen LogP contribution in [0.15, 0.2) is 28.1 Å². The van der Waals surface area contributed by atoms with Crippen LogP contribution in [0, 0.1) is 12.8 Å². The maximum Gasteiger partial charge on any atom is 0.274 e. The first-order valence-corrected chi connectivity index (χ1v) is 7.53. The Kier molecular flexibility index (Phi) is 5.89. The van der Waals surface area contributed by atoms with Crippen LogP contribution in [0.2, 0.25) is 0 Å². The zero-order valence-corrected chi connectivity index (χ0v) is 14.2. The van der Waals surface area contributed by atoms with Crippen molar-refractivity contribution >= 4 is 12.2 Å². The topological polar surface area (TPSA) is 101 Å². The molecule has 8 heteroatoms. The SMILES string of the molecule is COc1cc(/C=N\Nc2nnc(C)c(=O)[nH]2)ccc1OCC(C)C. The van der Waals surface area contributed by atoms with Crippen molar-refractivity contribution in [2.45, 2.75) is 20.8 Å². The second kappa shape index (κ2) is 8.09. The molecule has 2 aromatic rings. The van der Waals surface area contributed by atoms with Gasteiger partial charge in [-0.15, -0.1) is 10.2 Å². The second-order valence-electron chi connectivity index (χ2n) is 5.57. The number of H-pyrrole nitrogens is 1. The fourth-order valence-electron chi connectivity index (χ4n) is 1.75. The molecule has 1 aromatic heterocycles. The molecule has 0 amide bonds. The van der Waals surface area contributed by atoms with Gasteiger partial charge in [0.1, 0.15) is 5.69 Å². The summed E-state index contributed by atoms with van der Waals surface area (Å²) < 4.78 is 11.0. The Bertz CT molecular complexity index is 771. The fourth-order valence-corrected chi connectivity index (χ4v) is 1.75. The number of benzene rings is 1. The van der Waals surface area contributed by atoms with Gasteiger partial charge in [0.05, 0.1) is 19.9 Å². The minimum absolute atomic E-state index is 0.172. The average Bonchev–Trinajstić information content (AvgIpc) is 2.56. The number of aromatic amines is 1. The number of hydrogen-bond donors (Lipinski definition) is 2. The predicted octanol–water partition coefficient (Wildman–Crippen LogP) is 1.96. The molecule has 0 saturated heterocycles. The molecular weight excluding hydrogens is 310 g/mol. The van der Waals surface area contributed by atoms with E-state index >= 15 is 0 Å². The lowest BCUT2D eigenvalue weighted by atomic mass is 10.2. The van der Waals surface area contributed by atoms with Crippen molar-refractivity contribution in [3.63, 3.8) is 0 Å². The van der Waals surface area contributed by atoms with E-state index in [0.29, 0.717) is 29.7 Å². The summed E-state index contributed by atoms with van der Waals surface area (Å²) in [5.74, 6) is 1.91. The van der Waals surface area contributed by atoms with Crippen molar-refractivity contribution in [2.75, 3.05) is 19.1 Å². The number of hydrazone groups is 1. The van der Waals surface area contributed by atoms with Crippen molar-refractivity contribution in [2.24, 2.45) is 11.0 Å². The number of hydrogen-bond acceptors (Lipinski definition) is 7. The van der Waals surface area contributed by atoms with Crippen molar-refractivity contribution in [1.82, 2.24) is 15.2 Å². The van der Waals surface area contributed by atoms with Crippen LogP contribution >= 0.6 is 0 Å². The van der Waals surface area contributed by atoms with Crippen LogP contribution < -0.4 is 20.5 Å². The summed E-state index contributed by atoms with van der Waals surface area (Å²) in [5, 5.41) is 11.5. The van der Waals surface area contributed by atoms with Crippen LogP contribution in [-0.4, -0.2) is 35.1 Å². The molecule has 0 unspecified atom stereocenters. The van der Waals surface area contributed by atoms with Gasteiger partial charge < -0.3 is 9.47 Å². The zero-order chi connectivity index (χ0) is 17.5. The Morgan fingerprint density at radius 1 is 1.33 bits per heavy atom. The van der Waals surface area contributed by atoms with E-state index < -0.39 is 0 Å². The van der Waals surface area contributed by atoms with Crippen LogP contribution in [0.4, 0.5) is 5.95 Å². The Balaban J connectivity index is 2.06. The zero-order valence-electron chi connectivity index (χ0n) is 14.2. The van der Waals surface area contributed by atoms with E-state index in [-0.39, 0.29) is 11.5 Å². The van der Waals surface area contributed by atoms with Crippen LogP contribution in [0.25, 0.3) is 0 Å². The Morgan fingerprint density at radius 3 is 2.79 bits per heavy atom. The summed E-state index contributed by atoms with van der Waals surface area (Å²) in [6, 6.07) is 5.49. The molecule has 2 N–H and O–H groups in total. The Hall–Kier alpha value is -2.90. The normalized spacial score (nSPS) is 11.0. The molecule has 1 heterocycles. The molecule has 0 fully saturated rings. The van der Waals surface area contributed by atoms with Crippen molar-refractivity contribution in [3.8, 4) is 11.5 Å². The molecule has 128 valence electrons. The second-order valence-corrected chi connectivity index (χ2v) is 5.57. The van der Waals surface area contributed by atoms with E-state index in [9.17, 15) is 4.79 Å². The fraction of sp³-hybridized carbons (Fsp3) is 0.375. The first-order chi connectivity index (χ1) is 11.5. The monoisotopic (exact) mass is 331 g/mol. The van der Waals surface area contributed by atoms with Gasteiger partial charge in [-0.2, -0.15) is 5.10 Å². The third-order valence-electron chi connectivity index (χ3n) is 3.00. The third kappa shape index (κ3) is 4.80. The molecule has 0 saturated carbocycles. The van der Waals surface area contributed by atoms with E-state index in [1.165, 1.54) is 0 Å². The number of rotatable bonds is 7. The number of anilines is 1. The first kappa shape index (κ1) is 17.5. The van der Waals surface area contributed by atoms with Crippen LogP contribution in [-0.2, 0) is 0 Å². The molecule has 2 rings (SSSR count). The van der Waals surface area contributed by atoms with Gasteiger partial charge in [0.25, 0.3) is 5.56 Å². The summed E-state index contributed by atoms with van der Waals surface area (Å²) in [5.41, 5.74) is 3.41. The highest BCUT2D eigenvalue weighted by molar-refractivity contribution is 5.81. The van der Waals surface area contributed by atoms with Gasteiger partial charge in [0.15, 0.2) is 11.5 Å². The average molecular weight is 331 g/mol. The molecule has 0 aliphatic heterocycles. The molecule has 1 aromatic carbocycles. The summed E-state index contributed by atoms with van der Waals surface area (Å²) in [6.07, 6.45) is 1.58. The maximum absolute atomic E-state index is 11.4. The minimum Gasteiger partial charge on any atom is -0.493 e. The van der Waals surface area contributed by atoms with Gasteiger partial charge in [-0.05, 0) is 36.6 Å². The van der Waals surface area contributed by atoms with Gasteiger partial charge >= 0.3 is 0 Å². The summed E-state index contributed by atoms with van der Waals surface area (Å²) in [7, 11) is 1.59. The molecule has 0 aliphatic carbocycles. The number of aromatic nitrogens is 3. The largest absolute Gasteiger partial charge is 0.493 e. The quantitative estimate of drug-likeness (QED) is 0.594. The number of ether oxygens (including phenoxy) is 2. The molecule has 24 heavy (non-hydrogen) atoms. The summed E-state index contributed by atoms with van der Waals surface area (Å²) in [6.45, 7) is 6.35. The Morgan fingerprint density at radius 2 is 2.12 bits per heavy atom. The van der Waals surface area contributed by atoms with Gasteiger partial charge in [-0.25, -0.2) is 5.43 Å². The predicted molar refractivity (Wildman–Crippen MR) is 91.9 cm³/mol. The molecule has 0 aliphatic rings. The lowest BCUT2D eigenvalue weighted by Gasteiger charge is -2.12. The van der Waals surface area contributed by atoms with Crippen LogP contribution in [0.5, 0.6) is 11.5 Å². The highest BCUT2D eigenvalue weighted by atomic mass is 16.5. The Labute approximate surface area is 139 Å². The van der Waals surface area contributed by atoms with Gasteiger partial charge in [-0.1, -0.05) is 13.8 Å². The maximum atomic E-state index is 11.4. The van der Waals surface area contributed by atoms with Crippen molar-refractivity contribution < 1.29 is 9.47 Å². The molecular formula is C16H21N5O3. The number of nitrogens with one attached hydrogen (secondary N) is 2. The molecule has 0 bridgehead atoms. The number of nitrogens with zero attached hydrogens (tertiary/aromatic N) is 3. The lowest BCUT2D eigenvalue weighted by molar-refractivity contribution is 0.257. The smallest absolute Gasteiger partial charge is 0.274 e. The highest BCUT2D eigenvalue weighted by Gasteiger charge is 2.06. The number of methoxy groups -OCH3 is 1. The molecule has 8 nitrogen and oxygen atoms in total. The van der Waals surface area contributed by atoms with E-state index in [4.69, 9.17) is 9.47 Å². The van der Waals surface area contributed by atoms with E-state index in [1.54, 1.807) is 20.2 Å². The van der Waals surface area contributed by atoms with E-state index in [0.717, 1.165) is 5.56 Å². The summed E-state index contributed by atoms with van der Waals surface area (Å²) in [4.78, 5) is 13.9. The van der Waals surface area contributed by atoms with Crippen molar-refractivity contribution in [3.05, 3.63) is 39.8 Å². The third-order valence-corrected chi connectivity index (χ3v) is 3.00. The number of aryl methyl sites for hydroxylation is 1. The van der Waals surface area contributed by atoms with Gasteiger partial charge in [0.2, 0.25) is 5.95 Å². The van der Waals surface area contributed by atoms with E-state index in [1.807, 2.05) is 18.2 Å². The van der Waals surface area contributed by atoms with Gasteiger partial charge in [0, 0.05) is 0 Å². The van der Waals surface area contributed by atoms with Gasteiger partial charge in [-0.3, -0.25) is 9.78 Å². The lowest BCUT2D eigenvalue weighted by Crippen LogP contribution is -2.15. The molecule has 0 radical (unpaired) electrons. The standard InChI is InChI=1S/C16H21N5O3/c1-10(2)9-24-13-6-5-12(7-14(13)23-4)8-17-20-16-18-15(22)11(3)19-21-16/h5-8,10H,9H2,1-4H3,(H2,18,20,21,22)/b17-8-. The van der Waals surface area contributed by atoms with E-state index in [2.05, 4.69) is 39.6 Å². The van der Waals surface area contributed by atoms with Crippen LogP contribution in [0.3, 0.4) is 0 Å².